The smallest absolute Gasteiger partial charge is 0.167 e. The van der Waals surface area contributed by atoms with Crippen molar-refractivity contribution >= 4 is 17.0 Å². The highest BCUT2D eigenvalue weighted by atomic mass is 16.5. The molecule has 21 heavy (non-hydrogen) atoms. The molecule has 0 radical (unpaired) electrons. The van der Waals surface area contributed by atoms with E-state index in [1.54, 1.807) is 10.9 Å². The summed E-state index contributed by atoms with van der Waals surface area (Å²) in [4.78, 5) is 12.9. The molecule has 1 saturated heterocycles. The second kappa shape index (κ2) is 4.90. The average Bonchev–Trinajstić information content (AvgIpc) is 3.06. The van der Waals surface area contributed by atoms with Crippen molar-refractivity contribution in [3.05, 3.63) is 12.7 Å². The van der Waals surface area contributed by atoms with E-state index in [-0.39, 0.29) is 12.8 Å². The number of rotatable bonds is 4. The van der Waals surface area contributed by atoms with Gasteiger partial charge in [0.05, 0.1) is 19.0 Å². The lowest BCUT2D eigenvalue weighted by Crippen LogP contribution is -2.24. The lowest BCUT2D eigenvalue weighted by Gasteiger charge is -2.13. The Balaban J connectivity index is 1.67. The number of aromatic nitrogens is 4. The Morgan fingerprint density at radius 1 is 1.33 bits per heavy atom. The van der Waals surface area contributed by atoms with Gasteiger partial charge in [0.2, 0.25) is 0 Å². The third kappa shape index (κ3) is 2.25. The van der Waals surface area contributed by atoms with E-state index >= 15 is 0 Å². The minimum Gasteiger partial charge on any atom is -0.394 e. The van der Waals surface area contributed by atoms with Crippen molar-refractivity contribution in [2.24, 2.45) is 0 Å². The first-order chi connectivity index (χ1) is 10.3. The second-order valence-corrected chi connectivity index (χ2v) is 5.58. The van der Waals surface area contributed by atoms with Crippen LogP contribution in [-0.2, 0) is 4.74 Å². The van der Waals surface area contributed by atoms with Crippen LogP contribution < -0.4 is 5.32 Å². The maximum Gasteiger partial charge on any atom is 0.167 e. The molecule has 4 rings (SSSR count). The summed E-state index contributed by atoms with van der Waals surface area (Å²) >= 11 is 0. The standard InChI is InChI=1S/C13H17N5O3/c19-4-9-8(20)3-10(21-9)18-6-16-11-12(17-7-1-2-7)14-5-15-13(11)18/h5-10,19-20H,1-4H2,(H,14,15,17)/t8-,9+,10+/m0/s1. The number of ether oxygens (including phenoxy) is 1. The van der Waals surface area contributed by atoms with Gasteiger partial charge >= 0.3 is 0 Å². The summed E-state index contributed by atoms with van der Waals surface area (Å²) in [7, 11) is 0. The predicted molar refractivity (Wildman–Crippen MR) is 73.6 cm³/mol. The molecule has 1 aliphatic heterocycles. The van der Waals surface area contributed by atoms with Crippen LogP contribution in [0.15, 0.2) is 12.7 Å². The van der Waals surface area contributed by atoms with Crippen molar-refractivity contribution in [2.45, 2.75) is 43.7 Å². The number of hydrogen-bond donors (Lipinski definition) is 3. The van der Waals surface area contributed by atoms with E-state index in [1.165, 1.54) is 6.33 Å². The number of aliphatic hydroxyl groups is 2. The molecule has 0 bridgehead atoms. The van der Waals surface area contributed by atoms with Gasteiger partial charge in [-0.15, -0.1) is 0 Å². The third-order valence-corrected chi connectivity index (χ3v) is 3.97. The van der Waals surface area contributed by atoms with Gasteiger partial charge in [0.15, 0.2) is 17.0 Å². The van der Waals surface area contributed by atoms with E-state index in [1.807, 2.05) is 0 Å². The number of hydrogen-bond acceptors (Lipinski definition) is 7. The molecule has 2 aliphatic rings. The minimum atomic E-state index is -0.677. The molecule has 2 aromatic heterocycles. The molecular weight excluding hydrogens is 274 g/mol. The molecule has 0 amide bonds. The van der Waals surface area contributed by atoms with Crippen molar-refractivity contribution in [1.82, 2.24) is 19.5 Å². The van der Waals surface area contributed by atoms with Gasteiger partial charge < -0.3 is 20.3 Å². The van der Waals surface area contributed by atoms with Crippen LogP contribution in [-0.4, -0.2) is 54.6 Å². The Kier molecular flexibility index (Phi) is 3.02. The molecule has 0 unspecified atom stereocenters. The number of anilines is 1. The van der Waals surface area contributed by atoms with Crippen LogP contribution in [0, 0.1) is 0 Å². The summed E-state index contributed by atoms with van der Waals surface area (Å²) in [5, 5.41) is 22.4. The van der Waals surface area contributed by atoms with Gasteiger partial charge in [0, 0.05) is 12.5 Å². The summed E-state index contributed by atoms with van der Waals surface area (Å²) in [6.45, 7) is -0.201. The van der Waals surface area contributed by atoms with E-state index in [0.717, 1.165) is 18.7 Å². The summed E-state index contributed by atoms with van der Waals surface area (Å²) in [6.07, 6.45) is 4.26. The molecule has 1 saturated carbocycles. The second-order valence-electron chi connectivity index (χ2n) is 5.58. The monoisotopic (exact) mass is 291 g/mol. The topological polar surface area (TPSA) is 105 Å². The lowest BCUT2D eigenvalue weighted by molar-refractivity contribution is -0.0432. The fourth-order valence-corrected chi connectivity index (χ4v) is 2.64. The number of nitrogens with zero attached hydrogens (tertiary/aromatic N) is 4. The van der Waals surface area contributed by atoms with Crippen LogP contribution in [0.4, 0.5) is 5.82 Å². The Hall–Kier alpha value is -1.77. The van der Waals surface area contributed by atoms with Crippen LogP contribution in [0.5, 0.6) is 0 Å². The first-order valence-corrected chi connectivity index (χ1v) is 7.14. The highest BCUT2D eigenvalue weighted by molar-refractivity contribution is 5.82. The molecule has 2 aromatic rings. The van der Waals surface area contributed by atoms with Crippen LogP contribution >= 0.6 is 0 Å². The largest absolute Gasteiger partial charge is 0.394 e. The zero-order chi connectivity index (χ0) is 14.4. The van der Waals surface area contributed by atoms with Crippen LogP contribution in [0.3, 0.4) is 0 Å². The zero-order valence-corrected chi connectivity index (χ0v) is 11.4. The van der Waals surface area contributed by atoms with Gasteiger partial charge in [-0.2, -0.15) is 0 Å². The van der Waals surface area contributed by atoms with E-state index in [2.05, 4.69) is 20.3 Å². The fourth-order valence-electron chi connectivity index (χ4n) is 2.64. The van der Waals surface area contributed by atoms with Crippen molar-refractivity contribution in [3.63, 3.8) is 0 Å². The Morgan fingerprint density at radius 3 is 2.90 bits per heavy atom. The highest BCUT2D eigenvalue weighted by Gasteiger charge is 2.35. The van der Waals surface area contributed by atoms with Gasteiger partial charge in [-0.3, -0.25) is 4.57 Å². The molecular formula is C13H17N5O3. The lowest BCUT2D eigenvalue weighted by atomic mass is 10.2. The first-order valence-electron chi connectivity index (χ1n) is 7.14. The van der Waals surface area contributed by atoms with E-state index in [4.69, 9.17) is 9.84 Å². The molecule has 112 valence electrons. The van der Waals surface area contributed by atoms with Gasteiger partial charge in [-0.25, -0.2) is 15.0 Å². The molecule has 0 spiro atoms. The van der Waals surface area contributed by atoms with Gasteiger partial charge in [-0.1, -0.05) is 0 Å². The molecule has 3 N–H and O–H groups in total. The molecule has 1 aliphatic carbocycles. The number of fused-ring (bicyclic) bond motifs is 1. The number of nitrogens with one attached hydrogen (secondary N) is 1. The molecule has 0 aromatic carbocycles. The van der Waals surface area contributed by atoms with Gasteiger partial charge in [0.25, 0.3) is 0 Å². The third-order valence-electron chi connectivity index (χ3n) is 3.97. The van der Waals surface area contributed by atoms with Crippen molar-refractivity contribution in [1.29, 1.82) is 0 Å². The maximum atomic E-state index is 9.85. The predicted octanol–water partition coefficient (Wildman–Crippen LogP) is 0.0413. The summed E-state index contributed by atoms with van der Waals surface area (Å²) < 4.78 is 7.44. The molecule has 3 atom stereocenters. The summed E-state index contributed by atoms with van der Waals surface area (Å²) in [5.41, 5.74) is 1.37. The van der Waals surface area contributed by atoms with E-state index in [9.17, 15) is 5.11 Å². The van der Waals surface area contributed by atoms with Crippen molar-refractivity contribution in [3.8, 4) is 0 Å². The Bertz CT molecular complexity index is 656. The highest BCUT2D eigenvalue weighted by Crippen LogP contribution is 2.32. The summed E-state index contributed by atoms with van der Waals surface area (Å²) in [6, 6.07) is 0.483. The average molecular weight is 291 g/mol. The van der Waals surface area contributed by atoms with Crippen molar-refractivity contribution < 1.29 is 14.9 Å². The van der Waals surface area contributed by atoms with Crippen molar-refractivity contribution in [2.75, 3.05) is 11.9 Å². The first kappa shape index (κ1) is 12.9. The SMILES string of the molecule is OC[C@H]1O[C@@H](n2cnc3c(NC4CC4)ncnc32)C[C@@H]1O. The van der Waals surface area contributed by atoms with E-state index < -0.39 is 12.2 Å². The minimum absolute atomic E-state index is 0.201. The normalized spacial score (nSPS) is 29.1. The fraction of sp³-hybridized carbons (Fsp3) is 0.615. The number of aliphatic hydroxyl groups excluding tert-OH is 2. The Morgan fingerprint density at radius 2 is 2.19 bits per heavy atom. The van der Waals surface area contributed by atoms with Crippen LogP contribution in [0.2, 0.25) is 0 Å². The van der Waals surface area contributed by atoms with Gasteiger partial charge in [0.1, 0.15) is 18.7 Å². The number of imidazole rings is 1. The Labute approximate surface area is 120 Å². The maximum absolute atomic E-state index is 9.85. The molecule has 3 heterocycles. The molecule has 8 nitrogen and oxygen atoms in total. The quantitative estimate of drug-likeness (QED) is 0.730. The molecule has 8 heteroatoms. The van der Waals surface area contributed by atoms with Gasteiger partial charge in [-0.05, 0) is 12.8 Å². The summed E-state index contributed by atoms with van der Waals surface area (Å²) in [5.74, 6) is 0.735. The van der Waals surface area contributed by atoms with Crippen LogP contribution in [0.1, 0.15) is 25.5 Å². The van der Waals surface area contributed by atoms with Crippen LogP contribution in [0.25, 0.3) is 11.2 Å². The zero-order valence-electron chi connectivity index (χ0n) is 11.4. The molecule has 2 fully saturated rings. The van der Waals surface area contributed by atoms with E-state index in [0.29, 0.717) is 23.6 Å².